The molecule has 1 aromatic rings. The molecule has 2 rings (SSSR count). The molecule has 1 aromatic carbocycles. The van der Waals surface area contributed by atoms with Gasteiger partial charge in [0.25, 0.3) is 0 Å². The number of benzene rings is 1. The smallest absolute Gasteiger partial charge is 0.431 e. The monoisotopic (exact) mass is 568 g/mol. The average molecular weight is 569 g/mol. The molecule has 0 bridgehead atoms. The van der Waals surface area contributed by atoms with Crippen molar-refractivity contribution >= 4 is 44.0 Å². The number of methoxy groups -OCH3 is 1. The summed E-state index contributed by atoms with van der Waals surface area (Å²) in [5.41, 5.74) is 2.94. The van der Waals surface area contributed by atoms with Crippen LogP contribution in [0.4, 0.5) is 4.79 Å². The number of esters is 2. The van der Waals surface area contributed by atoms with E-state index in [0.717, 1.165) is 29.5 Å². The number of carboxylic acid groups (broad SMARTS) is 1. The molecule has 0 saturated carbocycles. The molecule has 2 amide bonds. The Morgan fingerprint density at radius 2 is 1.92 bits per heavy atom. The van der Waals surface area contributed by atoms with E-state index >= 15 is 0 Å². The van der Waals surface area contributed by atoms with E-state index in [-0.39, 0.29) is 10.8 Å². The summed E-state index contributed by atoms with van der Waals surface area (Å²) < 4.78 is 16.4. The number of amides is 2. The second-order valence-electron chi connectivity index (χ2n) is 10.9. The molecule has 0 radical (unpaired) electrons. The molecule has 10 nitrogen and oxygen atoms in total. The Balaban J connectivity index is 2.56. The molecule has 0 aromatic heterocycles. The van der Waals surface area contributed by atoms with Gasteiger partial charge in [-0.05, 0) is 48.2 Å². The van der Waals surface area contributed by atoms with Crippen LogP contribution in [-0.4, -0.2) is 74.0 Å². The number of nitrogens with one attached hydrogen (secondary N) is 1. The molecule has 2 unspecified atom stereocenters. The van der Waals surface area contributed by atoms with Crippen molar-refractivity contribution in [2.45, 2.75) is 83.4 Å². The van der Waals surface area contributed by atoms with Gasteiger partial charge in [0.05, 0.1) is 12.7 Å². The van der Waals surface area contributed by atoms with Gasteiger partial charge in [-0.25, -0.2) is 14.4 Å². The molecular formula is C26H40N2O8SSi. The molecule has 1 heterocycles. The van der Waals surface area contributed by atoms with E-state index in [0.29, 0.717) is 16.4 Å². The van der Waals surface area contributed by atoms with Crippen LogP contribution < -0.4 is 5.32 Å². The minimum atomic E-state index is -2.73. The number of aryl methyl sites for hydroxylation is 2. The maximum absolute atomic E-state index is 13.4. The summed E-state index contributed by atoms with van der Waals surface area (Å²) >= 11 is 1.35. The van der Waals surface area contributed by atoms with Crippen molar-refractivity contribution in [2.75, 3.05) is 19.5 Å². The van der Waals surface area contributed by atoms with Crippen LogP contribution in [0, 0.1) is 6.92 Å². The molecular weight excluding hydrogens is 528 g/mol. The van der Waals surface area contributed by atoms with Crippen molar-refractivity contribution in [1.29, 1.82) is 0 Å². The number of hydroxylamine groups is 2. The summed E-state index contributed by atoms with van der Waals surface area (Å²) in [5.74, 6) is -1.58. The van der Waals surface area contributed by atoms with Gasteiger partial charge in [0.1, 0.15) is 12.6 Å². The van der Waals surface area contributed by atoms with Crippen molar-refractivity contribution < 1.29 is 38.3 Å². The maximum atomic E-state index is 13.4. The van der Waals surface area contributed by atoms with Crippen molar-refractivity contribution in [3.63, 3.8) is 0 Å². The van der Waals surface area contributed by atoms with Crippen LogP contribution in [0.15, 0.2) is 12.1 Å². The van der Waals surface area contributed by atoms with Gasteiger partial charge in [-0.2, -0.15) is 16.8 Å². The summed E-state index contributed by atoms with van der Waals surface area (Å²) in [6.45, 7) is 12.8. The highest BCUT2D eigenvalue weighted by Gasteiger charge is 2.45. The summed E-state index contributed by atoms with van der Waals surface area (Å²) in [7, 11) is -1.51. The first-order valence-electron chi connectivity index (χ1n) is 12.6. The zero-order chi connectivity index (χ0) is 28.8. The van der Waals surface area contributed by atoms with Crippen molar-refractivity contribution in [1.82, 2.24) is 10.4 Å². The summed E-state index contributed by atoms with van der Waals surface area (Å²) in [5, 5.41) is 12.8. The molecule has 0 spiro atoms. The predicted molar refractivity (Wildman–Crippen MR) is 147 cm³/mol. The van der Waals surface area contributed by atoms with Gasteiger partial charge in [0.2, 0.25) is 14.2 Å². The fraction of sp³-hybridized carbons (Fsp3) is 0.615. The zero-order valence-electron chi connectivity index (χ0n) is 23.5. The zero-order valence-corrected chi connectivity index (χ0v) is 25.3. The lowest BCUT2D eigenvalue weighted by Gasteiger charge is -2.40. The van der Waals surface area contributed by atoms with Gasteiger partial charge in [-0.3, -0.25) is 4.79 Å². The third-order valence-corrected chi connectivity index (χ3v) is 12.2. The number of carbonyl (C=O) groups is 4. The Bertz CT molecular complexity index is 1060. The van der Waals surface area contributed by atoms with E-state index in [9.17, 15) is 24.3 Å². The third kappa shape index (κ3) is 7.73. The minimum Gasteiger partial charge on any atom is -0.467 e. The molecule has 0 aliphatic carbocycles. The lowest BCUT2D eigenvalue weighted by molar-refractivity contribution is -0.150. The first-order valence-corrected chi connectivity index (χ1v) is 16.7. The molecule has 38 heavy (non-hydrogen) atoms. The van der Waals surface area contributed by atoms with Gasteiger partial charge >= 0.3 is 18.0 Å². The van der Waals surface area contributed by atoms with Gasteiger partial charge in [-0.15, -0.1) is 0 Å². The van der Waals surface area contributed by atoms with Crippen molar-refractivity contribution in [3.05, 3.63) is 34.4 Å². The van der Waals surface area contributed by atoms with Gasteiger partial charge < -0.3 is 24.4 Å². The first-order chi connectivity index (χ1) is 17.6. The highest BCUT2D eigenvalue weighted by molar-refractivity contribution is 7.98. The van der Waals surface area contributed by atoms with E-state index in [2.05, 4.69) is 12.2 Å². The minimum absolute atomic E-state index is 0.160. The number of thioether (sulfide) groups is 1. The van der Waals surface area contributed by atoms with Crippen LogP contribution in [0.3, 0.4) is 0 Å². The Hall–Kier alpha value is -2.57. The molecule has 212 valence electrons. The number of cyclic esters (lactones) is 1. The molecule has 0 fully saturated rings. The molecule has 0 saturated heterocycles. The van der Waals surface area contributed by atoms with Crippen molar-refractivity contribution in [3.8, 4) is 0 Å². The van der Waals surface area contributed by atoms with Gasteiger partial charge in [-0.1, -0.05) is 46.2 Å². The lowest BCUT2D eigenvalue weighted by Crippen LogP contribution is -2.59. The highest BCUT2D eigenvalue weighted by atomic mass is 32.2. The topological polar surface area (TPSA) is 131 Å². The van der Waals surface area contributed by atoms with E-state index in [4.69, 9.17) is 14.0 Å². The van der Waals surface area contributed by atoms with Gasteiger partial charge in [0, 0.05) is 11.5 Å². The van der Waals surface area contributed by atoms with Crippen LogP contribution in [0.5, 0.6) is 0 Å². The third-order valence-electron chi connectivity index (χ3n) is 6.84. The summed E-state index contributed by atoms with van der Waals surface area (Å²) in [6.07, 6.45) is 0.269. The van der Waals surface area contributed by atoms with Crippen LogP contribution >= 0.6 is 11.8 Å². The Kier molecular flexibility index (Phi) is 10.8. The summed E-state index contributed by atoms with van der Waals surface area (Å²) in [6, 6.07) is 1.30. The fourth-order valence-electron chi connectivity index (χ4n) is 3.74. The second-order valence-corrected chi connectivity index (χ2v) is 16.6. The van der Waals surface area contributed by atoms with E-state index in [1.165, 1.54) is 18.9 Å². The van der Waals surface area contributed by atoms with Crippen LogP contribution in [0.2, 0.25) is 18.1 Å². The molecule has 2 atom stereocenters. The number of hydrogen-bond acceptors (Lipinski definition) is 8. The number of fused-ring (bicyclic) bond motifs is 1. The molecule has 1 aliphatic rings. The van der Waals surface area contributed by atoms with Crippen LogP contribution in [0.25, 0.3) is 0 Å². The lowest BCUT2D eigenvalue weighted by atomic mass is 9.97. The largest absolute Gasteiger partial charge is 0.467 e. The molecule has 1 aliphatic heterocycles. The fourth-order valence-corrected chi connectivity index (χ4v) is 5.73. The Labute approximate surface area is 229 Å². The Morgan fingerprint density at radius 1 is 1.26 bits per heavy atom. The van der Waals surface area contributed by atoms with Crippen LogP contribution in [0.1, 0.15) is 61.2 Å². The number of rotatable bonds is 6. The Morgan fingerprint density at radius 3 is 2.47 bits per heavy atom. The quantitative estimate of drug-likeness (QED) is 0.293. The first kappa shape index (κ1) is 31.6. The molecule has 12 heteroatoms. The predicted octanol–water partition coefficient (Wildman–Crippen LogP) is 4.29. The highest BCUT2D eigenvalue weighted by Crippen LogP contribution is 2.37. The summed E-state index contributed by atoms with van der Waals surface area (Å²) in [4.78, 5) is 51.5. The number of nitrogens with zero attached hydrogens (tertiary/aromatic N) is 1. The molecule has 2 N–H and O–H groups in total. The average Bonchev–Trinajstić information content (AvgIpc) is 2.80. The SMILES string of the molecule is CCCc1cc(C)c2c(c1)CSCC(C(=O)OC)NC(=O)C(N(O[Si](C)(C)C(C)(C)C)C(=O)O)COC2=O. The van der Waals surface area contributed by atoms with E-state index in [1.54, 1.807) is 0 Å². The van der Waals surface area contributed by atoms with Gasteiger partial charge in [0.15, 0.2) is 6.04 Å². The second kappa shape index (κ2) is 13.0. The van der Waals surface area contributed by atoms with Crippen molar-refractivity contribution in [2.24, 2.45) is 0 Å². The maximum Gasteiger partial charge on any atom is 0.431 e. The number of carbonyl (C=O) groups excluding carboxylic acids is 3. The number of ether oxygens (including phenoxy) is 2. The van der Waals surface area contributed by atoms with E-state index in [1.807, 2.05) is 52.9 Å². The van der Waals surface area contributed by atoms with E-state index < -0.39 is 50.9 Å². The number of hydrogen-bond donors (Lipinski definition) is 2. The van der Waals surface area contributed by atoms with Crippen LogP contribution in [-0.2, 0) is 35.8 Å². The standard InChI is InChI=1S/C26H40N2O8SSi/c1-9-10-17-11-16(2)21-18(12-17)14-37-15-19(23(30)34-6)27-22(29)20(13-35-24(21)31)28(25(32)33)36-38(7,8)26(3,4)5/h11-12,19-20H,9-10,13-15H2,1-8H3,(H,27,29)(H,32,33). The normalized spacial score (nSPS) is 19.3.